The summed E-state index contributed by atoms with van der Waals surface area (Å²) in [6.45, 7) is 2.49. The van der Waals surface area contributed by atoms with Gasteiger partial charge in [-0.1, -0.05) is 39.0 Å². The van der Waals surface area contributed by atoms with Crippen LogP contribution in [0.1, 0.15) is 45.4 Å². The maximum absolute atomic E-state index is 9.88. The first-order chi connectivity index (χ1) is 5.77. The van der Waals surface area contributed by atoms with Crippen molar-refractivity contribution in [2.24, 2.45) is 0 Å². The van der Waals surface area contributed by atoms with Gasteiger partial charge in [0.1, 0.15) is 0 Å². The molecule has 0 N–H and O–H groups in total. The summed E-state index contributed by atoms with van der Waals surface area (Å²) in [5.41, 5.74) is 0. The van der Waals surface area contributed by atoms with Crippen LogP contribution in [0, 0.1) is 10.8 Å². The monoisotopic (exact) mass is 196 g/mol. The maximum Gasteiger partial charge on any atom is 0.285 e. The van der Waals surface area contributed by atoms with Crippen LogP contribution in [0.5, 0.6) is 0 Å². The second kappa shape index (κ2) is 9.26. The number of hydrogen-bond donors (Lipinski definition) is 0. The quantitative estimate of drug-likeness (QED) is 0.530. The zero-order valence-corrected chi connectivity index (χ0v) is 8.31. The molecule has 0 fully saturated rings. The van der Waals surface area contributed by atoms with E-state index in [1.165, 1.54) is 25.7 Å². The lowest BCUT2D eigenvalue weighted by Gasteiger charge is -1.97. The summed E-state index contributed by atoms with van der Waals surface area (Å²) in [6, 6.07) is 0. The van der Waals surface area contributed by atoms with Gasteiger partial charge in [0.15, 0.2) is 6.61 Å². The van der Waals surface area contributed by atoms with Gasteiger partial charge in [-0.3, -0.25) is 0 Å². The van der Waals surface area contributed by atoms with Gasteiger partial charge < -0.3 is 9.32 Å². The number of hydrogen-bond acceptors (Lipinski definition) is 3. The third-order valence-electron chi connectivity index (χ3n) is 1.66. The smallest absolute Gasteiger partial charge is 0.285 e. The Morgan fingerprint density at radius 1 is 1.00 bits per heavy atom. The normalized spacial score (nSPS) is 11.0. The molecule has 0 unspecified atom stereocenters. The molecule has 0 aromatic carbocycles. The molecule has 0 aromatic rings. The van der Waals surface area contributed by atoms with E-state index in [1.54, 1.807) is 0 Å². The molecule has 4 heteroatoms. The summed E-state index contributed by atoms with van der Waals surface area (Å²) < 4.78 is 24.1. The van der Waals surface area contributed by atoms with Crippen LogP contribution in [0.4, 0.5) is 0 Å². The Morgan fingerprint density at radius 2 is 1.58 bits per heavy atom. The van der Waals surface area contributed by atoms with Gasteiger partial charge in [-0.2, -0.15) is 0 Å². The zero-order valence-electron chi connectivity index (χ0n) is 7.55. The molecule has 0 saturated carbocycles. The van der Waals surface area contributed by atoms with Crippen molar-refractivity contribution < 1.29 is 24.4 Å². The van der Waals surface area contributed by atoms with Gasteiger partial charge in [0.25, 0.3) is 10.8 Å². The third-order valence-corrected chi connectivity index (χ3v) is 2.00. The molecule has 0 rings (SSSR count). The van der Waals surface area contributed by atoms with Crippen LogP contribution in [0.3, 0.4) is 0 Å². The lowest BCUT2D eigenvalue weighted by atomic mass is 10.1. The number of halogens is 1. The van der Waals surface area contributed by atoms with Crippen molar-refractivity contribution in [1.29, 1.82) is 0 Å². The molecule has 0 saturated heterocycles. The Morgan fingerprint density at radius 3 is 2.17 bits per heavy atom. The van der Waals surface area contributed by atoms with E-state index in [2.05, 4.69) is 11.2 Å². The van der Waals surface area contributed by atoms with Gasteiger partial charge in [-0.15, -0.1) is 0 Å². The van der Waals surface area contributed by atoms with E-state index in [4.69, 9.17) is 0 Å². The molecule has 3 nitrogen and oxygen atoms in total. The van der Waals surface area contributed by atoms with Crippen molar-refractivity contribution in [3.63, 3.8) is 0 Å². The Balaban J connectivity index is 2.82. The van der Waals surface area contributed by atoms with Gasteiger partial charge >= 0.3 is 0 Å². The van der Waals surface area contributed by atoms with Crippen LogP contribution in [0.2, 0.25) is 0 Å². The maximum atomic E-state index is 9.88. The minimum atomic E-state index is -2.02. The predicted octanol–water partition coefficient (Wildman–Crippen LogP) is 0.450. The van der Waals surface area contributed by atoms with Crippen molar-refractivity contribution in [2.45, 2.75) is 45.4 Å². The average Bonchev–Trinajstić information content (AvgIpc) is 2.02. The number of unbranched alkanes of at least 4 members (excludes halogenated alkanes) is 5. The summed E-state index contributed by atoms with van der Waals surface area (Å²) in [4.78, 5) is 0. The highest BCUT2D eigenvalue weighted by Crippen LogP contribution is 2.04. The average molecular weight is 197 g/mol. The van der Waals surface area contributed by atoms with Gasteiger partial charge in [0.05, 0.1) is 0 Å². The lowest BCUT2D eigenvalue weighted by molar-refractivity contribution is -1.63. The van der Waals surface area contributed by atoms with E-state index in [0.29, 0.717) is 6.61 Å². The van der Waals surface area contributed by atoms with Crippen LogP contribution in [0.25, 0.3) is 0 Å². The molecule has 0 aliphatic carbocycles. The second-order valence-corrected chi connectivity index (χ2v) is 3.37. The Bertz CT molecular complexity index is 88.4. The minimum absolute atomic E-state index is 0.319. The highest BCUT2D eigenvalue weighted by atomic mass is 35.6. The van der Waals surface area contributed by atoms with E-state index in [1.807, 2.05) is 0 Å². The van der Waals surface area contributed by atoms with Crippen LogP contribution in [-0.2, 0) is 4.29 Å². The van der Waals surface area contributed by atoms with Crippen LogP contribution < -0.4 is 9.32 Å². The molecule has 0 heterocycles. The van der Waals surface area contributed by atoms with Crippen LogP contribution in [0.15, 0.2) is 0 Å². The molecule has 12 heavy (non-hydrogen) atoms. The fourth-order valence-corrected chi connectivity index (χ4v) is 1.24. The predicted molar refractivity (Wildman–Crippen MR) is 39.3 cm³/mol. The van der Waals surface area contributed by atoms with E-state index in [0.717, 1.165) is 12.8 Å². The highest BCUT2D eigenvalue weighted by molar-refractivity contribution is 4.41. The SMILES string of the molecule is CCCCCCCCO[Cl+2]([O-])[O-]. The molecule has 0 radical (unpaired) electrons. The number of rotatable bonds is 8. The molecule has 0 aromatic heterocycles. The van der Waals surface area contributed by atoms with Crippen molar-refractivity contribution in [3.05, 3.63) is 0 Å². The summed E-state index contributed by atoms with van der Waals surface area (Å²) in [6.07, 6.45) is 6.82. The molecular weight excluding hydrogens is 180 g/mol. The Hall–Kier alpha value is 0.170. The first-order valence-electron chi connectivity index (χ1n) is 4.46. The van der Waals surface area contributed by atoms with Gasteiger partial charge in [-0.05, 0) is 6.42 Å². The lowest BCUT2D eigenvalue weighted by Crippen LogP contribution is -2.34. The van der Waals surface area contributed by atoms with Crippen molar-refractivity contribution in [3.8, 4) is 0 Å². The van der Waals surface area contributed by atoms with Crippen molar-refractivity contribution >= 4 is 0 Å². The van der Waals surface area contributed by atoms with Crippen LogP contribution in [-0.4, -0.2) is 6.61 Å². The standard InChI is InChI=1S/C8H17ClO3/c1-2-3-4-5-6-7-8-12-9(10)11/h2-8H2,1H3. The van der Waals surface area contributed by atoms with E-state index >= 15 is 0 Å². The fourth-order valence-electron chi connectivity index (χ4n) is 1.000. The van der Waals surface area contributed by atoms with E-state index in [-0.39, 0.29) is 0 Å². The summed E-state index contributed by atoms with van der Waals surface area (Å²) in [5, 5.41) is 0. The third kappa shape index (κ3) is 10.2. The largest absolute Gasteiger partial charge is 0.320 e. The zero-order chi connectivity index (χ0) is 9.23. The topological polar surface area (TPSA) is 55.3 Å². The second-order valence-electron chi connectivity index (χ2n) is 2.77. The van der Waals surface area contributed by atoms with Crippen molar-refractivity contribution in [1.82, 2.24) is 0 Å². The van der Waals surface area contributed by atoms with Gasteiger partial charge in [-0.25, -0.2) is 0 Å². The van der Waals surface area contributed by atoms with E-state index < -0.39 is 10.8 Å². The Labute approximate surface area is 77.1 Å². The van der Waals surface area contributed by atoms with Crippen LogP contribution >= 0.6 is 0 Å². The molecule has 0 atom stereocenters. The van der Waals surface area contributed by atoms with Gasteiger partial charge in [0, 0.05) is 4.29 Å². The van der Waals surface area contributed by atoms with Gasteiger partial charge in [0.2, 0.25) is 0 Å². The molecule has 0 spiro atoms. The first-order valence-corrected chi connectivity index (χ1v) is 5.38. The minimum Gasteiger partial charge on any atom is -0.320 e. The molecule has 0 aliphatic heterocycles. The fraction of sp³-hybridized carbons (Fsp3) is 1.00. The van der Waals surface area contributed by atoms with Crippen molar-refractivity contribution in [2.75, 3.05) is 6.61 Å². The first kappa shape index (κ1) is 12.2. The molecule has 74 valence electrons. The summed E-state index contributed by atoms with van der Waals surface area (Å²) in [5.74, 6) is 0. The van der Waals surface area contributed by atoms with E-state index in [9.17, 15) is 9.32 Å². The summed E-state index contributed by atoms with van der Waals surface area (Å²) in [7, 11) is -2.02. The molecule has 0 aliphatic rings. The molecule has 0 bridgehead atoms. The Kier molecular flexibility index (Phi) is 9.39. The molecule has 0 amide bonds. The highest BCUT2D eigenvalue weighted by Gasteiger charge is 2.04. The molecular formula is C8H17ClO3. The summed E-state index contributed by atoms with van der Waals surface area (Å²) >= 11 is 0.